The molecule has 36 heavy (non-hydrogen) atoms. The average molecular weight is 488 g/mol. The number of benzene rings is 2. The molecule has 1 saturated carbocycles. The van der Waals surface area contributed by atoms with Crippen molar-refractivity contribution in [1.29, 1.82) is 0 Å². The number of piperidine rings is 1. The van der Waals surface area contributed by atoms with Crippen LogP contribution in [-0.2, 0) is 5.41 Å². The van der Waals surface area contributed by atoms with Gasteiger partial charge in [0, 0.05) is 42.1 Å². The highest BCUT2D eigenvalue weighted by molar-refractivity contribution is 6.06. The minimum absolute atomic E-state index is 0.159. The highest BCUT2D eigenvalue weighted by atomic mass is 16.2. The molecule has 1 saturated heterocycles. The first kappa shape index (κ1) is 24.3. The topological polar surface area (TPSA) is 85.8 Å². The molecular formula is C29H37N5O2. The van der Waals surface area contributed by atoms with E-state index in [0.29, 0.717) is 24.0 Å². The molecule has 190 valence electrons. The van der Waals surface area contributed by atoms with Crippen molar-refractivity contribution in [3.63, 3.8) is 0 Å². The predicted molar refractivity (Wildman–Crippen MR) is 144 cm³/mol. The lowest BCUT2D eigenvalue weighted by Crippen LogP contribution is -2.38. The molecule has 7 heteroatoms. The van der Waals surface area contributed by atoms with Gasteiger partial charge in [0.2, 0.25) is 0 Å². The number of guanidine groups is 1. The van der Waals surface area contributed by atoms with Crippen molar-refractivity contribution >= 4 is 29.1 Å². The van der Waals surface area contributed by atoms with E-state index in [9.17, 15) is 9.59 Å². The smallest absolute Gasteiger partial charge is 0.257 e. The number of anilines is 2. The Morgan fingerprint density at radius 1 is 1.03 bits per heavy atom. The fourth-order valence-electron chi connectivity index (χ4n) is 5.16. The van der Waals surface area contributed by atoms with E-state index < -0.39 is 0 Å². The number of amides is 2. The number of nitrogens with one attached hydrogen (secondary N) is 3. The molecule has 0 aromatic heterocycles. The van der Waals surface area contributed by atoms with Crippen LogP contribution in [0.5, 0.6) is 0 Å². The maximum absolute atomic E-state index is 13.5. The molecule has 0 radical (unpaired) electrons. The van der Waals surface area contributed by atoms with E-state index in [1.807, 2.05) is 35.2 Å². The fourth-order valence-corrected chi connectivity index (χ4v) is 5.16. The van der Waals surface area contributed by atoms with E-state index in [-0.39, 0.29) is 17.2 Å². The van der Waals surface area contributed by atoms with Gasteiger partial charge in [0.15, 0.2) is 5.96 Å². The Morgan fingerprint density at radius 3 is 2.47 bits per heavy atom. The third kappa shape index (κ3) is 5.25. The van der Waals surface area contributed by atoms with E-state index >= 15 is 0 Å². The Balaban J connectivity index is 1.46. The summed E-state index contributed by atoms with van der Waals surface area (Å²) in [4.78, 5) is 32.6. The minimum Gasteiger partial charge on any atom is -0.355 e. The molecule has 1 aliphatic carbocycles. The summed E-state index contributed by atoms with van der Waals surface area (Å²) in [6.45, 7) is 9.56. The van der Waals surface area contributed by atoms with Crippen LogP contribution in [0.4, 0.5) is 11.4 Å². The van der Waals surface area contributed by atoms with E-state index in [1.54, 1.807) is 0 Å². The monoisotopic (exact) mass is 487 g/mol. The average Bonchev–Trinajstić information content (AvgIpc) is 3.58. The van der Waals surface area contributed by atoms with Crippen molar-refractivity contribution in [1.82, 2.24) is 15.5 Å². The molecule has 5 rings (SSSR count). The second-order valence-corrected chi connectivity index (χ2v) is 11.1. The number of rotatable bonds is 5. The number of nitrogens with zero attached hydrogens (tertiary/aromatic N) is 2. The van der Waals surface area contributed by atoms with Gasteiger partial charge in [-0.2, -0.15) is 0 Å². The van der Waals surface area contributed by atoms with Crippen molar-refractivity contribution < 1.29 is 9.59 Å². The number of hydrogen-bond acceptors (Lipinski definition) is 5. The maximum atomic E-state index is 13.5. The Hall–Kier alpha value is -3.35. The summed E-state index contributed by atoms with van der Waals surface area (Å²) < 4.78 is 0. The van der Waals surface area contributed by atoms with Crippen LogP contribution in [-0.4, -0.2) is 48.9 Å². The molecule has 3 aliphatic rings. The molecule has 0 bridgehead atoms. The van der Waals surface area contributed by atoms with Crippen molar-refractivity contribution in [3.05, 3.63) is 58.7 Å². The van der Waals surface area contributed by atoms with Gasteiger partial charge in [0.1, 0.15) is 0 Å². The molecule has 0 atom stereocenters. The Morgan fingerprint density at radius 2 is 1.81 bits per heavy atom. The SMILES string of the molecule is CC(C)(C)c1cc(C(=O)NC2=NCCN2)ccc1Nc1cccc(C(=O)N2CCCCC2)c1C1CC1. The molecule has 3 N–H and O–H groups in total. The molecule has 0 unspecified atom stereocenters. The normalized spacial score (nSPS) is 17.9. The summed E-state index contributed by atoms with van der Waals surface area (Å²) in [6.07, 6.45) is 5.60. The lowest BCUT2D eigenvalue weighted by atomic mass is 9.84. The van der Waals surface area contributed by atoms with Crippen LogP contribution in [0.25, 0.3) is 0 Å². The molecule has 2 aliphatic heterocycles. The summed E-state index contributed by atoms with van der Waals surface area (Å²) in [5, 5.41) is 9.61. The van der Waals surface area contributed by atoms with Gasteiger partial charge < -0.3 is 15.5 Å². The number of hydrogen-bond donors (Lipinski definition) is 3. The molecule has 2 aromatic carbocycles. The van der Waals surface area contributed by atoms with Crippen LogP contribution >= 0.6 is 0 Å². The number of carbonyl (C=O) groups is 2. The quantitative estimate of drug-likeness (QED) is 0.559. The zero-order chi connectivity index (χ0) is 25.3. The molecule has 2 heterocycles. The molecular weight excluding hydrogens is 450 g/mol. The van der Waals surface area contributed by atoms with E-state index in [4.69, 9.17) is 0 Å². The van der Waals surface area contributed by atoms with Crippen LogP contribution in [0.3, 0.4) is 0 Å². The first-order valence-electron chi connectivity index (χ1n) is 13.2. The summed E-state index contributed by atoms with van der Waals surface area (Å²) in [7, 11) is 0. The first-order chi connectivity index (χ1) is 17.3. The highest BCUT2D eigenvalue weighted by Gasteiger charge is 2.33. The van der Waals surface area contributed by atoms with E-state index in [1.165, 1.54) is 6.42 Å². The number of likely N-dealkylation sites (tertiary alicyclic amines) is 1. The predicted octanol–water partition coefficient (Wildman–Crippen LogP) is 4.92. The Labute approximate surface area is 213 Å². The number of carbonyl (C=O) groups excluding carboxylic acids is 2. The van der Waals surface area contributed by atoms with Gasteiger partial charge in [-0.15, -0.1) is 0 Å². The largest absolute Gasteiger partial charge is 0.355 e. The van der Waals surface area contributed by atoms with Crippen molar-refractivity contribution in [2.45, 2.75) is 64.2 Å². The highest BCUT2D eigenvalue weighted by Crippen LogP contribution is 2.46. The van der Waals surface area contributed by atoms with Crippen LogP contribution < -0.4 is 16.0 Å². The standard InChI is InChI=1S/C29H37N5O2/c1-29(2,3)22-18-20(26(35)33-28-30-14-15-31-28)12-13-23(22)32-24-9-7-8-21(25(24)19-10-11-19)27(36)34-16-5-4-6-17-34/h7-9,12-13,18-19,32H,4-6,10-11,14-17H2,1-3H3,(H2,30,31,33,35). The van der Waals surface area contributed by atoms with Crippen molar-refractivity contribution in [2.75, 3.05) is 31.5 Å². The van der Waals surface area contributed by atoms with Crippen LogP contribution in [0.1, 0.15) is 90.6 Å². The first-order valence-corrected chi connectivity index (χ1v) is 13.2. The second-order valence-electron chi connectivity index (χ2n) is 11.1. The third-order valence-electron chi connectivity index (χ3n) is 7.23. The van der Waals surface area contributed by atoms with Crippen molar-refractivity contribution in [3.8, 4) is 0 Å². The zero-order valence-corrected chi connectivity index (χ0v) is 21.6. The lowest BCUT2D eigenvalue weighted by molar-refractivity contribution is 0.0723. The third-order valence-corrected chi connectivity index (χ3v) is 7.23. The van der Waals surface area contributed by atoms with Crippen LogP contribution in [0.15, 0.2) is 41.4 Å². The fraction of sp³-hybridized carbons (Fsp3) is 0.483. The van der Waals surface area contributed by atoms with Crippen LogP contribution in [0, 0.1) is 0 Å². The summed E-state index contributed by atoms with van der Waals surface area (Å²) in [5.74, 6) is 0.934. The summed E-state index contributed by atoms with van der Waals surface area (Å²) >= 11 is 0. The number of aliphatic imine (C=N–C) groups is 1. The molecule has 2 fully saturated rings. The summed E-state index contributed by atoms with van der Waals surface area (Å²) in [5.41, 5.74) is 5.38. The molecule has 7 nitrogen and oxygen atoms in total. The minimum atomic E-state index is -0.192. The Bertz CT molecular complexity index is 1190. The molecule has 2 aromatic rings. The maximum Gasteiger partial charge on any atom is 0.257 e. The molecule has 2 amide bonds. The van der Waals surface area contributed by atoms with Crippen molar-refractivity contribution in [2.24, 2.45) is 4.99 Å². The van der Waals surface area contributed by atoms with Gasteiger partial charge >= 0.3 is 0 Å². The van der Waals surface area contributed by atoms with Gasteiger partial charge in [-0.25, -0.2) is 0 Å². The van der Waals surface area contributed by atoms with Gasteiger partial charge in [0.25, 0.3) is 11.8 Å². The van der Waals surface area contributed by atoms with Gasteiger partial charge in [-0.3, -0.25) is 19.9 Å². The Kier molecular flexibility index (Phi) is 6.73. The van der Waals surface area contributed by atoms with Gasteiger partial charge in [-0.05, 0) is 84.9 Å². The summed E-state index contributed by atoms with van der Waals surface area (Å²) in [6, 6.07) is 11.9. The van der Waals surface area contributed by atoms with Crippen LogP contribution in [0.2, 0.25) is 0 Å². The van der Waals surface area contributed by atoms with E-state index in [0.717, 1.165) is 73.4 Å². The second kappa shape index (κ2) is 9.96. The molecule has 0 spiro atoms. The van der Waals surface area contributed by atoms with Gasteiger partial charge in [-0.1, -0.05) is 26.8 Å². The lowest BCUT2D eigenvalue weighted by Gasteiger charge is -2.29. The zero-order valence-electron chi connectivity index (χ0n) is 21.6. The van der Waals surface area contributed by atoms with Gasteiger partial charge in [0.05, 0.1) is 6.54 Å². The van der Waals surface area contributed by atoms with E-state index in [2.05, 4.69) is 47.8 Å².